The van der Waals surface area contributed by atoms with E-state index in [-0.39, 0.29) is 11.5 Å². The molecule has 5 nitrogen and oxygen atoms in total. The Kier molecular flexibility index (Phi) is 4.55. The van der Waals surface area contributed by atoms with Crippen LogP contribution in [0.2, 0.25) is 0 Å². The van der Waals surface area contributed by atoms with Gasteiger partial charge in [-0.1, -0.05) is 6.92 Å². The molecule has 0 aromatic carbocycles. The van der Waals surface area contributed by atoms with Crippen LogP contribution in [-0.4, -0.2) is 31.5 Å². The van der Waals surface area contributed by atoms with Crippen molar-refractivity contribution in [2.75, 3.05) is 29.1 Å². The molecule has 3 N–H and O–H groups in total. The van der Waals surface area contributed by atoms with E-state index in [0.29, 0.717) is 17.9 Å². The molecule has 0 fully saturated rings. The fraction of sp³-hybridized carbons (Fsp3) is 0.444. The molecule has 1 heterocycles. The monoisotopic (exact) mass is 307 g/mol. The molecule has 1 aromatic rings. The van der Waals surface area contributed by atoms with Gasteiger partial charge in [-0.05, 0) is 15.9 Å². The third kappa shape index (κ3) is 3.64. The van der Waals surface area contributed by atoms with E-state index < -0.39 is 9.84 Å². The summed E-state index contributed by atoms with van der Waals surface area (Å²) in [4.78, 5) is 3.89. The highest BCUT2D eigenvalue weighted by Crippen LogP contribution is 2.26. The standard InChI is InChI=1S/C9H14BrN3O2S/c1-2-16(14,15)4-3-13-9-7(10)5-12-6-8(9)11/h5-6H,2-4,11H2,1H3,(H,12,13). The Morgan fingerprint density at radius 3 is 2.75 bits per heavy atom. The van der Waals surface area contributed by atoms with E-state index in [1.807, 2.05) is 0 Å². The van der Waals surface area contributed by atoms with E-state index in [2.05, 4.69) is 26.2 Å². The van der Waals surface area contributed by atoms with Crippen LogP contribution in [0.3, 0.4) is 0 Å². The molecule has 16 heavy (non-hydrogen) atoms. The largest absolute Gasteiger partial charge is 0.396 e. The number of anilines is 2. The summed E-state index contributed by atoms with van der Waals surface area (Å²) in [5.74, 6) is 0.249. The van der Waals surface area contributed by atoms with Crippen molar-refractivity contribution in [3.05, 3.63) is 16.9 Å². The Morgan fingerprint density at radius 2 is 2.19 bits per heavy atom. The van der Waals surface area contributed by atoms with Gasteiger partial charge in [0.1, 0.15) is 0 Å². The van der Waals surface area contributed by atoms with Gasteiger partial charge in [0.25, 0.3) is 0 Å². The van der Waals surface area contributed by atoms with Crippen LogP contribution in [-0.2, 0) is 9.84 Å². The van der Waals surface area contributed by atoms with Crippen LogP contribution >= 0.6 is 15.9 Å². The number of aromatic nitrogens is 1. The quantitative estimate of drug-likeness (QED) is 0.856. The Hall–Kier alpha value is -0.820. The summed E-state index contributed by atoms with van der Waals surface area (Å²) in [5.41, 5.74) is 6.87. The summed E-state index contributed by atoms with van der Waals surface area (Å²) < 4.78 is 23.3. The third-order valence-electron chi connectivity index (χ3n) is 2.08. The zero-order valence-corrected chi connectivity index (χ0v) is 11.3. The average Bonchev–Trinajstić information content (AvgIpc) is 2.22. The lowest BCUT2D eigenvalue weighted by molar-refractivity contribution is 0.597. The molecule has 7 heteroatoms. The minimum atomic E-state index is -2.95. The number of halogens is 1. The van der Waals surface area contributed by atoms with Gasteiger partial charge in [-0.25, -0.2) is 8.42 Å². The number of pyridine rings is 1. The van der Waals surface area contributed by atoms with Gasteiger partial charge in [0, 0.05) is 18.5 Å². The maximum atomic E-state index is 11.3. The highest BCUT2D eigenvalue weighted by molar-refractivity contribution is 9.10. The summed E-state index contributed by atoms with van der Waals surface area (Å²) in [6, 6.07) is 0. The normalized spacial score (nSPS) is 11.4. The van der Waals surface area contributed by atoms with E-state index in [1.54, 1.807) is 13.1 Å². The SMILES string of the molecule is CCS(=O)(=O)CCNc1c(N)cncc1Br. The van der Waals surface area contributed by atoms with Crippen molar-refractivity contribution < 1.29 is 8.42 Å². The maximum absolute atomic E-state index is 11.3. The van der Waals surface area contributed by atoms with Crippen molar-refractivity contribution in [3.63, 3.8) is 0 Å². The van der Waals surface area contributed by atoms with Gasteiger partial charge in [0.15, 0.2) is 9.84 Å². The average molecular weight is 308 g/mol. The van der Waals surface area contributed by atoms with E-state index in [4.69, 9.17) is 5.73 Å². The fourth-order valence-electron chi connectivity index (χ4n) is 1.11. The molecule has 0 radical (unpaired) electrons. The molecule has 0 aliphatic heterocycles. The van der Waals surface area contributed by atoms with Crippen LogP contribution in [0, 0.1) is 0 Å². The first-order valence-electron chi connectivity index (χ1n) is 4.79. The van der Waals surface area contributed by atoms with Crippen LogP contribution in [0.1, 0.15) is 6.92 Å². The van der Waals surface area contributed by atoms with Gasteiger partial charge in [-0.3, -0.25) is 4.98 Å². The first-order valence-corrected chi connectivity index (χ1v) is 7.41. The highest BCUT2D eigenvalue weighted by Gasteiger charge is 2.08. The van der Waals surface area contributed by atoms with Crippen molar-refractivity contribution in [2.45, 2.75) is 6.92 Å². The van der Waals surface area contributed by atoms with Crippen molar-refractivity contribution in [3.8, 4) is 0 Å². The number of hydrogen-bond acceptors (Lipinski definition) is 5. The predicted molar refractivity (Wildman–Crippen MR) is 69.2 cm³/mol. The molecule has 1 rings (SSSR count). The summed E-state index contributed by atoms with van der Waals surface area (Å²) in [6.45, 7) is 1.97. The lowest BCUT2D eigenvalue weighted by Crippen LogP contribution is -2.17. The topological polar surface area (TPSA) is 85.1 Å². The number of nitrogens with zero attached hydrogens (tertiary/aromatic N) is 1. The van der Waals surface area contributed by atoms with Crippen molar-refractivity contribution >= 4 is 37.1 Å². The molecular weight excluding hydrogens is 294 g/mol. The smallest absolute Gasteiger partial charge is 0.151 e. The van der Waals surface area contributed by atoms with Crippen LogP contribution in [0.25, 0.3) is 0 Å². The van der Waals surface area contributed by atoms with Crippen molar-refractivity contribution in [2.24, 2.45) is 0 Å². The molecular formula is C9H14BrN3O2S. The minimum absolute atomic E-state index is 0.0949. The number of hydrogen-bond donors (Lipinski definition) is 2. The van der Waals surface area contributed by atoms with Gasteiger partial charge in [-0.2, -0.15) is 0 Å². The summed E-state index contributed by atoms with van der Waals surface area (Å²) in [7, 11) is -2.95. The van der Waals surface area contributed by atoms with E-state index in [1.165, 1.54) is 6.20 Å². The molecule has 1 aromatic heterocycles. The number of nitrogens with one attached hydrogen (secondary N) is 1. The van der Waals surface area contributed by atoms with Crippen LogP contribution in [0.15, 0.2) is 16.9 Å². The Morgan fingerprint density at radius 1 is 1.50 bits per heavy atom. The van der Waals surface area contributed by atoms with Gasteiger partial charge >= 0.3 is 0 Å². The van der Waals surface area contributed by atoms with Crippen molar-refractivity contribution in [1.82, 2.24) is 4.98 Å². The van der Waals surface area contributed by atoms with Gasteiger partial charge in [-0.15, -0.1) is 0 Å². The summed E-state index contributed by atoms with van der Waals surface area (Å²) >= 11 is 3.29. The predicted octanol–water partition coefficient (Wildman–Crippen LogP) is 1.27. The van der Waals surface area contributed by atoms with E-state index in [0.717, 1.165) is 4.47 Å². The molecule has 0 amide bonds. The molecule has 0 saturated carbocycles. The lowest BCUT2D eigenvalue weighted by atomic mass is 10.3. The maximum Gasteiger partial charge on any atom is 0.151 e. The summed E-state index contributed by atoms with van der Waals surface area (Å²) in [5, 5.41) is 2.98. The third-order valence-corrected chi connectivity index (χ3v) is 4.39. The number of rotatable bonds is 5. The molecule has 0 unspecified atom stereocenters. The number of sulfone groups is 1. The second kappa shape index (κ2) is 5.49. The molecule has 0 spiro atoms. The minimum Gasteiger partial charge on any atom is -0.396 e. The Labute approximate surface area is 103 Å². The van der Waals surface area contributed by atoms with Crippen molar-refractivity contribution in [1.29, 1.82) is 0 Å². The second-order valence-corrected chi connectivity index (χ2v) is 6.58. The molecule has 0 aliphatic rings. The van der Waals surface area contributed by atoms with Gasteiger partial charge in [0.05, 0.1) is 27.8 Å². The highest BCUT2D eigenvalue weighted by atomic mass is 79.9. The van der Waals surface area contributed by atoms with Crippen LogP contribution < -0.4 is 11.1 Å². The van der Waals surface area contributed by atoms with Gasteiger partial charge in [0.2, 0.25) is 0 Å². The first-order chi connectivity index (χ1) is 7.46. The molecule has 0 saturated heterocycles. The number of nitrogens with two attached hydrogens (primary N) is 1. The van der Waals surface area contributed by atoms with Crippen LogP contribution in [0.5, 0.6) is 0 Å². The fourth-order valence-corrected chi connectivity index (χ4v) is 2.30. The zero-order valence-electron chi connectivity index (χ0n) is 8.90. The Bertz CT molecular complexity index is 442. The van der Waals surface area contributed by atoms with E-state index in [9.17, 15) is 8.42 Å². The summed E-state index contributed by atoms with van der Waals surface area (Å²) in [6.07, 6.45) is 3.12. The molecule has 0 aliphatic carbocycles. The molecule has 0 bridgehead atoms. The molecule has 0 atom stereocenters. The molecule has 90 valence electrons. The van der Waals surface area contributed by atoms with Gasteiger partial charge < -0.3 is 11.1 Å². The second-order valence-electron chi connectivity index (χ2n) is 3.25. The van der Waals surface area contributed by atoms with E-state index >= 15 is 0 Å². The lowest BCUT2D eigenvalue weighted by Gasteiger charge is -2.10. The Balaban J connectivity index is 2.62. The first kappa shape index (κ1) is 13.2. The number of nitrogen functional groups attached to an aromatic ring is 1. The van der Waals surface area contributed by atoms with Crippen LogP contribution in [0.4, 0.5) is 11.4 Å². The zero-order chi connectivity index (χ0) is 12.2.